The largest absolute Gasteiger partial charge is 0.486 e. The molecule has 4 aromatic rings. The number of aryl methyl sites for hydroxylation is 3. The average molecular weight is 409 g/mol. The SMILES string of the molecule is Cc1ncc([N+](=O)[O-])n1CCn1cc(COc2cc(=O)n(C)c3ccccc23)nn1. The van der Waals surface area contributed by atoms with Crippen LogP contribution >= 0.6 is 0 Å². The molecule has 154 valence electrons. The molecule has 11 nitrogen and oxygen atoms in total. The van der Waals surface area contributed by atoms with Gasteiger partial charge in [-0.2, -0.15) is 0 Å². The average Bonchev–Trinajstić information content (AvgIpc) is 3.34. The van der Waals surface area contributed by atoms with Gasteiger partial charge >= 0.3 is 5.82 Å². The summed E-state index contributed by atoms with van der Waals surface area (Å²) in [5, 5.41) is 20.0. The molecule has 0 aliphatic carbocycles. The van der Waals surface area contributed by atoms with Crippen molar-refractivity contribution in [3.8, 4) is 5.75 Å². The van der Waals surface area contributed by atoms with Gasteiger partial charge in [-0.25, -0.2) is 14.2 Å². The number of hydrogen-bond acceptors (Lipinski definition) is 7. The van der Waals surface area contributed by atoms with E-state index in [9.17, 15) is 14.9 Å². The number of benzene rings is 1. The molecule has 0 amide bonds. The standard InChI is InChI=1S/C19H19N7O4/c1-13-20-10-18(26(28)29)25(13)8-7-24-11-14(21-22-24)12-30-17-9-19(27)23(2)16-6-4-3-5-15(16)17/h3-6,9-11H,7-8,12H2,1-2H3. The lowest BCUT2D eigenvalue weighted by atomic mass is 10.2. The Morgan fingerprint density at radius 2 is 2.03 bits per heavy atom. The first-order chi connectivity index (χ1) is 14.4. The third-order valence-corrected chi connectivity index (χ3v) is 4.85. The fraction of sp³-hybridized carbons (Fsp3) is 0.263. The summed E-state index contributed by atoms with van der Waals surface area (Å²) in [5.41, 5.74) is 1.20. The van der Waals surface area contributed by atoms with Crippen LogP contribution in [0.5, 0.6) is 5.75 Å². The second-order valence-corrected chi connectivity index (χ2v) is 6.76. The molecule has 0 N–H and O–H groups in total. The molecule has 0 aliphatic heterocycles. The highest BCUT2D eigenvalue weighted by Crippen LogP contribution is 2.23. The number of fused-ring (bicyclic) bond motifs is 1. The van der Waals surface area contributed by atoms with Crippen molar-refractivity contribution in [3.05, 3.63) is 74.7 Å². The van der Waals surface area contributed by atoms with Crippen LogP contribution in [0.15, 0.2) is 47.5 Å². The summed E-state index contributed by atoms with van der Waals surface area (Å²) in [5.74, 6) is 0.976. The fourth-order valence-electron chi connectivity index (χ4n) is 3.25. The second kappa shape index (κ2) is 7.78. The first kappa shape index (κ1) is 19.3. The molecular weight excluding hydrogens is 390 g/mol. The van der Waals surface area contributed by atoms with E-state index in [4.69, 9.17) is 4.74 Å². The molecule has 0 saturated heterocycles. The van der Waals surface area contributed by atoms with E-state index in [2.05, 4.69) is 15.3 Å². The van der Waals surface area contributed by atoms with E-state index < -0.39 is 4.92 Å². The Kier molecular flexibility index (Phi) is 5.00. The van der Waals surface area contributed by atoms with Gasteiger partial charge in [0.25, 0.3) is 5.56 Å². The number of hydrogen-bond donors (Lipinski definition) is 0. The molecule has 0 atom stereocenters. The number of nitrogens with zero attached hydrogens (tertiary/aromatic N) is 7. The van der Waals surface area contributed by atoms with Crippen LogP contribution in [-0.4, -0.2) is 34.0 Å². The minimum Gasteiger partial charge on any atom is -0.486 e. The predicted molar refractivity (Wildman–Crippen MR) is 107 cm³/mol. The number of imidazole rings is 1. The van der Waals surface area contributed by atoms with Crippen LogP contribution in [-0.2, 0) is 26.7 Å². The van der Waals surface area contributed by atoms with Gasteiger partial charge in [-0.15, -0.1) is 5.10 Å². The van der Waals surface area contributed by atoms with Crippen LogP contribution in [0, 0.1) is 17.0 Å². The molecule has 0 unspecified atom stereocenters. The van der Waals surface area contributed by atoms with Crippen molar-refractivity contribution >= 4 is 16.7 Å². The molecule has 3 heterocycles. The maximum Gasteiger partial charge on any atom is 0.342 e. The van der Waals surface area contributed by atoms with Gasteiger partial charge in [0.2, 0.25) is 0 Å². The Bertz CT molecular complexity index is 1290. The van der Waals surface area contributed by atoms with Crippen LogP contribution in [0.1, 0.15) is 11.5 Å². The third-order valence-electron chi connectivity index (χ3n) is 4.85. The Morgan fingerprint density at radius 1 is 1.23 bits per heavy atom. The summed E-state index contributed by atoms with van der Waals surface area (Å²) in [6, 6.07) is 8.95. The molecule has 3 aromatic heterocycles. The van der Waals surface area contributed by atoms with Crippen LogP contribution < -0.4 is 10.3 Å². The molecular formula is C19H19N7O4. The minimum atomic E-state index is -0.463. The van der Waals surface area contributed by atoms with Gasteiger partial charge in [-0.3, -0.25) is 4.79 Å². The molecule has 0 bridgehead atoms. The normalized spacial score (nSPS) is 11.1. The molecule has 0 radical (unpaired) electrons. The Balaban J connectivity index is 1.46. The van der Waals surface area contributed by atoms with Gasteiger partial charge in [-0.1, -0.05) is 17.3 Å². The Morgan fingerprint density at radius 3 is 2.83 bits per heavy atom. The molecule has 0 spiro atoms. The van der Waals surface area contributed by atoms with Crippen molar-refractivity contribution in [2.45, 2.75) is 26.6 Å². The van der Waals surface area contributed by atoms with Crippen molar-refractivity contribution in [1.82, 2.24) is 29.1 Å². The van der Waals surface area contributed by atoms with Crippen molar-refractivity contribution < 1.29 is 9.66 Å². The van der Waals surface area contributed by atoms with E-state index in [1.54, 1.807) is 29.4 Å². The summed E-state index contributed by atoms with van der Waals surface area (Å²) in [6.45, 7) is 2.58. The zero-order valence-electron chi connectivity index (χ0n) is 16.4. The lowest BCUT2D eigenvalue weighted by molar-refractivity contribution is -0.392. The van der Waals surface area contributed by atoms with Gasteiger partial charge in [0.1, 0.15) is 30.8 Å². The molecule has 0 fully saturated rings. The number of aromatic nitrogens is 6. The van der Waals surface area contributed by atoms with Crippen molar-refractivity contribution in [2.24, 2.45) is 7.05 Å². The van der Waals surface area contributed by atoms with E-state index in [1.165, 1.54) is 16.8 Å². The zero-order valence-corrected chi connectivity index (χ0v) is 16.4. The summed E-state index contributed by atoms with van der Waals surface area (Å²) in [7, 11) is 1.71. The highest BCUT2D eigenvalue weighted by Gasteiger charge is 2.17. The quantitative estimate of drug-likeness (QED) is 0.337. The maximum atomic E-state index is 12.2. The van der Waals surface area contributed by atoms with Gasteiger partial charge < -0.3 is 19.4 Å². The van der Waals surface area contributed by atoms with E-state index in [1.807, 2.05) is 24.3 Å². The molecule has 1 aromatic carbocycles. The topological polar surface area (TPSA) is 123 Å². The minimum absolute atomic E-state index is 0.0614. The van der Waals surface area contributed by atoms with Gasteiger partial charge in [0.15, 0.2) is 5.82 Å². The first-order valence-electron chi connectivity index (χ1n) is 9.21. The second-order valence-electron chi connectivity index (χ2n) is 6.76. The lowest BCUT2D eigenvalue weighted by Gasteiger charge is -2.10. The first-order valence-corrected chi connectivity index (χ1v) is 9.21. The maximum absolute atomic E-state index is 12.2. The number of pyridine rings is 1. The van der Waals surface area contributed by atoms with Crippen molar-refractivity contribution in [1.29, 1.82) is 0 Å². The third kappa shape index (κ3) is 3.64. The monoisotopic (exact) mass is 409 g/mol. The zero-order chi connectivity index (χ0) is 21.3. The Hall–Kier alpha value is -4.02. The summed E-state index contributed by atoms with van der Waals surface area (Å²) < 4.78 is 10.5. The van der Waals surface area contributed by atoms with Crippen LogP contribution in [0.25, 0.3) is 10.9 Å². The molecule has 11 heteroatoms. The fourth-order valence-corrected chi connectivity index (χ4v) is 3.25. The molecule has 0 aliphatic rings. The van der Waals surface area contributed by atoms with E-state index >= 15 is 0 Å². The highest BCUT2D eigenvalue weighted by atomic mass is 16.6. The van der Waals surface area contributed by atoms with Crippen molar-refractivity contribution in [3.63, 3.8) is 0 Å². The Labute approximate surface area is 170 Å². The number of para-hydroxylation sites is 1. The number of nitro groups is 1. The van der Waals surface area contributed by atoms with Crippen LogP contribution in [0.4, 0.5) is 5.82 Å². The van der Waals surface area contributed by atoms with Crippen molar-refractivity contribution in [2.75, 3.05) is 0 Å². The van der Waals surface area contributed by atoms with Gasteiger partial charge in [0, 0.05) is 25.4 Å². The summed E-state index contributed by atoms with van der Waals surface area (Å²) >= 11 is 0. The van der Waals surface area contributed by atoms with Crippen LogP contribution in [0.2, 0.25) is 0 Å². The van der Waals surface area contributed by atoms with Crippen LogP contribution in [0.3, 0.4) is 0 Å². The lowest BCUT2D eigenvalue weighted by Crippen LogP contribution is -2.16. The predicted octanol–water partition coefficient (Wildman–Crippen LogP) is 1.82. The smallest absolute Gasteiger partial charge is 0.342 e. The van der Waals surface area contributed by atoms with Gasteiger partial charge in [0.05, 0.1) is 18.3 Å². The molecule has 4 rings (SSSR count). The summed E-state index contributed by atoms with van der Waals surface area (Å²) in [6.07, 6.45) is 2.95. The number of rotatable bonds is 7. The van der Waals surface area contributed by atoms with E-state index in [0.29, 0.717) is 30.4 Å². The summed E-state index contributed by atoms with van der Waals surface area (Å²) in [4.78, 5) is 26.8. The van der Waals surface area contributed by atoms with Gasteiger partial charge in [-0.05, 0) is 17.1 Å². The van der Waals surface area contributed by atoms with E-state index in [0.717, 1.165) is 10.9 Å². The molecule has 0 saturated carbocycles. The van der Waals surface area contributed by atoms with E-state index in [-0.39, 0.29) is 18.0 Å². The highest BCUT2D eigenvalue weighted by molar-refractivity contribution is 5.85. The number of ether oxygens (including phenoxy) is 1. The molecule has 30 heavy (non-hydrogen) atoms.